The van der Waals surface area contributed by atoms with Gasteiger partial charge in [0.15, 0.2) is 0 Å². The van der Waals surface area contributed by atoms with Gasteiger partial charge in [-0.25, -0.2) is 0 Å². The Labute approximate surface area is 119 Å². The first kappa shape index (κ1) is 13.9. The summed E-state index contributed by atoms with van der Waals surface area (Å²) in [4.78, 5) is 2.50. The Morgan fingerprint density at radius 2 is 2.00 bits per heavy atom. The van der Waals surface area contributed by atoms with E-state index in [9.17, 15) is 0 Å². The summed E-state index contributed by atoms with van der Waals surface area (Å²) in [6, 6.07) is 0.742. The molecule has 110 valence electrons. The average Bonchev–Trinajstić information content (AvgIpc) is 2.80. The van der Waals surface area contributed by atoms with Crippen LogP contribution in [0.4, 0.5) is 0 Å². The molecule has 1 heterocycles. The average molecular weight is 264 g/mol. The van der Waals surface area contributed by atoms with Crippen molar-refractivity contribution in [3.63, 3.8) is 0 Å². The highest BCUT2D eigenvalue weighted by molar-refractivity contribution is 5.12. The summed E-state index contributed by atoms with van der Waals surface area (Å²) in [6.45, 7) is 11.4. The fourth-order valence-electron chi connectivity index (χ4n) is 5.54. The second kappa shape index (κ2) is 4.73. The van der Waals surface area contributed by atoms with Crippen molar-refractivity contribution in [2.75, 3.05) is 26.7 Å². The smallest absolute Gasteiger partial charge is 0.0175 e. The Bertz CT molecular complexity index is 333. The van der Waals surface area contributed by atoms with Crippen LogP contribution >= 0.6 is 0 Å². The molecular formula is C17H32N2. The Balaban J connectivity index is 1.60. The monoisotopic (exact) mass is 264 g/mol. The Hall–Kier alpha value is -0.0800. The third-order valence-electron chi connectivity index (χ3n) is 6.60. The van der Waals surface area contributed by atoms with Crippen molar-refractivity contribution in [2.45, 2.75) is 58.9 Å². The number of fused-ring (bicyclic) bond motifs is 2. The number of rotatable bonds is 3. The van der Waals surface area contributed by atoms with Gasteiger partial charge in [0.1, 0.15) is 0 Å². The first-order chi connectivity index (χ1) is 8.92. The van der Waals surface area contributed by atoms with E-state index in [0.29, 0.717) is 10.8 Å². The quantitative estimate of drug-likeness (QED) is 0.842. The minimum atomic E-state index is 0.508. The molecular weight excluding hydrogens is 232 g/mol. The zero-order chi connectivity index (χ0) is 13.7. The van der Waals surface area contributed by atoms with Crippen LogP contribution in [0.2, 0.25) is 0 Å². The second-order valence-corrected chi connectivity index (χ2v) is 8.53. The van der Waals surface area contributed by atoms with E-state index >= 15 is 0 Å². The summed E-state index contributed by atoms with van der Waals surface area (Å²) in [5, 5.41) is 4.01. The lowest BCUT2D eigenvalue weighted by Gasteiger charge is -2.44. The standard InChI is InChI=1S/C17H32N2/c1-16(2)14-7-8-17(3,10-14)15(16)18-11-13-6-5-9-19(4)12-13/h13-15,18H,5-12H2,1-4H3. The molecule has 4 unspecified atom stereocenters. The van der Waals surface area contributed by atoms with Crippen LogP contribution in [0.15, 0.2) is 0 Å². The van der Waals surface area contributed by atoms with Crippen molar-refractivity contribution >= 4 is 0 Å². The molecule has 2 saturated carbocycles. The molecule has 1 saturated heterocycles. The largest absolute Gasteiger partial charge is 0.313 e. The van der Waals surface area contributed by atoms with Crippen molar-refractivity contribution < 1.29 is 0 Å². The van der Waals surface area contributed by atoms with Gasteiger partial charge in [0.2, 0.25) is 0 Å². The van der Waals surface area contributed by atoms with E-state index < -0.39 is 0 Å². The van der Waals surface area contributed by atoms with Crippen LogP contribution in [-0.2, 0) is 0 Å². The third-order valence-corrected chi connectivity index (χ3v) is 6.60. The van der Waals surface area contributed by atoms with Crippen LogP contribution in [0, 0.1) is 22.7 Å². The fourth-order valence-corrected chi connectivity index (χ4v) is 5.54. The topological polar surface area (TPSA) is 15.3 Å². The zero-order valence-electron chi connectivity index (χ0n) is 13.3. The number of hydrogen-bond acceptors (Lipinski definition) is 2. The molecule has 1 aliphatic heterocycles. The number of hydrogen-bond donors (Lipinski definition) is 1. The number of likely N-dealkylation sites (tertiary alicyclic amines) is 1. The number of nitrogens with one attached hydrogen (secondary N) is 1. The molecule has 3 aliphatic rings. The van der Waals surface area contributed by atoms with E-state index in [1.807, 2.05) is 0 Å². The lowest BCUT2D eigenvalue weighted by molar-refractivity contribution is 0.0982. The second-order valence-electron chi connectivity index (χ2n) is 8.53. The summed E-state index contributed by atoms with van der Waals surface area (Å²) < 4.78 is 0. The van der Waals surface area contributed by atoms with Crippen LogP contribution in [-0.4, -0.2) is 37.6 Å². The molecule has 2 aliphatic carbocycles. The molecule has 3 rings (SSSR count). The van der Waals surface area contributed by atoms with E-state index in [1.54, 1.807) is 0 Å². The Morgan fingerprint density at radius 1 is 1.21 bits per heavy atom. The van der Waals surface area contributed by atoms with E-state index in [1.165, 1.54) is 51.7 Å². The fraction of sp³-hybridized carbons (Fsp3) is 1.00. The molecule has 2 heteroatoms. The maximum atomic E-state index is 4.01. The minimum absolute atomic E-state index is 0.508. The van der Waals surface area contributed by atoms with Gasteiger partial charge in [-0.1, -0.05) is 20.8 Å². The molecule has 2 bridgehead atoms. The van der Waals surface area contributed by atoms with E-state index in [4.69, 9.17) is 0 Å². The number of nitrogens with zero attached hydrogens (tertiary/aromatic N) is 1. The molecule has 0 aromatic carbocycles. The van der Waals surface area contributed by atoms with Crippen molar-refractivity contribution in [1.29, 1.82) is 0 Å². The first-order valence-corrected chi connectivity index (χ1v) is 8.34. The van der Waals surface area contributed by atoms with Gasteiger partial charge in [-0.05, 0) is 74.9 Å². The molecule has 19 heavy (non-hydrogen) atoms. The maximum Gasteiger partial charge on any atom is 0.0175 e. The van der Waals surface area contributed by atoms with Gasteiger partial charge in [0.05, 0.1) is 0 Å². The van der Waals surface area contributed by atoms with Crippen molar-refractivity contribution in [3.05, 3.63) is 0 Å². The molecule has 0 aromatic heterocycles. The molecule has 0 radical (unpaired) electrons. The van der Waals surface area contributed by atoms with Crippen LogP contribution in [0.25, 0.3) is 0 Å². The molecule has 2 nitrogen and oxygen atoms in total. The van der Waals surface area contributed by atoms with Gasteiger partial charge in [-0.3, -0.25) is 0 Å². The molecule has 1 N–H and O–H groups in total. The first-order valence-electron chi connectivity index (χ1n) is 8.34. The maximum absolute atomic E-state index is 4.01. The molecule has 0 amide bonds. The van der Waals surface area contributed by atoms with Gasteiger partial charge < -0.3 is 10.2 Å². The van der Waals surface area contributed by atoms with Crippen molar-refractivity contribution in [3.8, 4) is 0 Å². The lowest BCUT2D eigenvalue weighted by Crippen LogP contribution is -2.52. The van der Waals surface area contributed by atoms with Crippen molar-refractivity contribution in [2.24, 2.45) is 22.7 Å². The van der Waals surface area contributed by atoms with Crippen LogP contribution in [0.1, 0.15) is 52.9 Å². The molecule has 0 spiro atoms. The highest BCUT2D eigenvalue weighted by Gasteiger charge is 2.58. The van der Waals surface area contributed by atoms with Gasteiger partial charge in [-0.15, -0.1) is 0 Å². The highest BCUT2D eigenvalue weighted by atomic mass is 15.1. The minimum Gasteiger partial charge on any atom is -0.313 e. The van der Waals surface area contributed by atoms with E-state index in [-0.39, 0.29) is 0 Å². The summed E-state index contributed by atoms with van der Waals surface area (Å²) in [7, 11) is 2.27. The summed E-state index contributed by atoms with van der Waals surface area (Å²) >= 11 is 0. The Kier molecular flexibility index (Phi) is 3.46. The van der Waals surface area contributed by atoms with Crippen LogP contribution in [0.5, 0.6) is 0 Å². The lowest BCUT2D eigenvalue weighted by atomic mass is 9.68. The molecule has 3 fully saturated rings. The van der Waals surface area contributed by atoms with Crippen LogP contribution in [0.3, 0.4) is 0 Å². The SMILES string of the molecule is CN1CCCC(CNC2C3(C)CCC(C3)C2(C)C)C1. The van der Waals surface area contributed by atoms with E-state index in [0.717, 1.165) is 17.9 Å². The number of piperidine rings is 1. The third kappa shape index (κ3) is 2.35. The van der Waals surface area contributed by atoms with Gasteiger partial charge >= 0.3 is 0 Å². The zero-order valence-corrected chi connectivity index (χ0v) is 13.3. The van der Waals surface area contributed by atoms with Crippen LogP contribution < -0.4 is 5.32 Å². The van der Waals surface area contributed by atoms with Gasteiger partial charge in [0, 0.05) is 12.6 Å². The predicted octanol–water partition coefficient (Wildman–Crippen LogP) is 3.13. The Morgan fingerprint density at radius 3 is 2.63 bits per heavy atom. The molecule has 4 atom stereocenters. The summed E-state index contributed by atoms with van der Waals surface area (Å²) in [5.41, 5.74) is 1.09. The van der Waals surface area contributed by atoms with Gasteiger partial charge in [0.25, 0.3) is 0 Å². The van der Waals surface area contributed by atoms with Gasteiger partial charge in [-0.2, -0.15) is 0 Å². The van der Waals surface area contributed by atoms with E-state index in [2.05, 4.69) is 38.0 Å². The van der Waals surface area contributed by atoms with Crippen molar-refractivity contribution in [1.82, 2.24) is 10.2 Å². The summed E-state index contributed by atoms with van der Waals surface area (Å²) in [5.74, 6) is 1.83. The highest BCUT2D eigenvalue weighted by Crippen LogP contribution is 2.62. The molecule has 0 aromatic rings. The summed E-state index contributed by atoms with van der Waals surface area (Å²) in [6.07, 6.45) is 7.18. The predicted molar refractivity (Wildman–Crippen MR) is 81.2 cm³/mol. The normalized spacial score (nSPS) is 45.8.